The molecule has 20 heavy (non-hydrogen) atoms. The average molecular weight is 295 g/mol. The van der Waals surface area contributed by atoms with E-state index in [1.165, 1.54) is 37.2 Å². The number of nitrogens with two attached hydrogens (primary N) is 1. The van der Waals surface area contributed by atoms with Crippen molar-refractivity contribution in [1.29, 1.82) is 0 Å². The summed E-state index contributed by atoms with van der Waals surface area (Å²) in [5.74, 6) is 6.45. The molecule has 0 amide bonds. The van der Waals surface area contributed by atoms with Crippen LogP contribution in [0.25, 0.3) is 0 Å². The Morgan fingerprint density at radius 2 is 1.90 bits per heavy atom. The van der Waals surface area contributed by atoms with E-state index < -0.39 is 0 Å². The second kappa shape index (κ2) is 6.63. The zero-order valence-electron chi connectivity index (χ0n) is 12.6. The highest BCUT2D eigenvalue weighted by Crippen LogP contribution is 2.27. The van der Waals surface area contributed by atoms with Crippen molar-refractivity contribution in [3.05, 3.63) is 10.6 Å². The van der Waals surface area contributed by atoms with Crippen LogP contribution in [0.4, 0.5) is 0 Å². The number of amidine groups is 1. The standard InChI is InChI=1S/C14H25N5S/c1-14(2,3)12-11(20-19-18-12)13(17-15)16-10-8-6-4-5-7-9-10/h10H,4-9,15H2,1-3H3,(H,16,17). The zero-order valence-corrected chi connectivity index (χ0v) is 13.5. The topological polar surface area (TPSA) is 76.2 Å². The molecular formula is C14H25N5S. The summed E-state index contributed by atoms with van der Waals surface area (Å²) < 4.78 is 4.08. The van der Waals surface area contributed by atoms with E-state index in [2.05, 4.69) is 35.8 Å². The van der Waals surface area contributed by atoms with Gasteiger partial charge in [-0.05, 0) is 24.4 Å². The average Bonchev–Trinajstić information content (AvgIpc) is 2.75. The molecule has 0 radical (unpaired) electrons. The number of rotatable bonds is 2. The molecule has 1 fully saturated rings. The number of aliphatic imine (C=N–C) groups is 1. The van der Waals surface area contributed by atoms with E-state index in [-0.39, 0.29) is 5.41 Å². The van der Waals surface area contributed by atoms with Gasteiger partial charge in [0.15, 0.2) is 5.84 Å². The highest BCUT2D eigenvalue weighted by molar-refractivity contribution is 7.08. The molecule has 0 unspecified atom stereocenters. The molecule has 1 saturated carbocycles. The third-order valence-corrected chi connectivity index (χ3v) is 4.42. The summed E-state index contributed by atoms with van der Waals surface area (Å²) in [6.07, 6.45) is 7.49. The minimum absolute atomic E-state index is 0.0522. The van der Waals surface area contributed by atoms with E-state index in [1.54, 1.807) is 0 Å². The molecule has 0 saturated heterocycles. The molecule has 0 bridgehead atoms. The van der Waals surface area contributed by atoms with Crippen LogP contribution >= 0.6 is 11.5 Å². The third-order valence-electron chi connectivity index (χ3n) is 3.69. The molecule has 1 aromatic rings. The molecule has 0 aliphatic heterocycles. The highest BCUT2D eigenvalue weighted by atomic mass is 32.1. The summed E-state index contributed by atoms with van der Waals surface area (Å²) in [5.41, 5.74) is 3.68. The molecule has 1 aliphatic rings. The van der Waals surface area contributed by atoms with Gasteiger partial charge in [-0.3, -0.25) is 4.99 Å². The highest BCUT2D eigenvalue weighted by Gasteiger charge is 2.25. The van der Waals surface area contributed by atoms with Gasteiger partial charge in [-0.1, -0.05) is 50.9 Å². The first-order valence-corrected chi connectivity index (χ1v) is 8.17. The van der Waals surface area contributed by atoms with Crippen LogP contribution < -0.4 is 11.3 Å². The second-order valence-electron chi connectivity index (χ2n) is 6.47. The Morgan fingerprint density at radius 3 is 2.45 bits per heavy atom. The van der Waals surface area contributed by atoms with Crippen molar-refractivity contribution in [2.45, 2.75) is 70.8 Å². The fourth-order valence-corrected chi connectivity index (χ4v) is 3.40. The van der Waals surface area contributed by atoms with Crippen molar-refractivity contribution >= 4 is 17.4 Å². The van der Waals surface area contributed by atoms with E-state index in [0.717, 1.165) is 29.2 Å². The van der Waals surface area contributed by atoms with Gasteiger partial charge in [0.2, 0.25) is 0 Å². The van der Waals surface area contributed by atoms with Crippen LogP contribution in [0, 0.1) is 0 Å². The molecule has 5 nitrogen and oxygen atoms in total. The van der Waals surface area contributed by atoms with Gasteiger partial charge in [0.05, 0.1) is 11.7 Å². The second-order valence-corrected chi connectivity index (χ2v) is 7.22. The number of nitrogens with zero attached hydrogens (tertiary/aromatic N) is 3. The summed E-state index contributed by atoms with van der Waals surface area (Å²) in [5, 5.41) is 4.26. The van der Waals surface area contributed by atoms with Crippen LogP contribution in [0.1, 0.15) is 69.9 Å². The Hall–Kier alpha value is -1.01. The first-order valence-electron chi connectivity index (χ1n) is 7.40. The molecule has 3 N–H and O–H groups in total. The maximum absolute atomic E-state index is 5.70. The van der Waals surface area contributed by atoms with Crippen LogP contribution in [0.3, 0.4) is 0 Å². The van der Waals surface area contributed by atoms with E-state index in [1.807, 2.05) is 0 Å². The van der Waals surface area contributed by atoms with Crippen molar-refractivity contribution in [1.82, 2.24) is 15.0 Å². The number of nitrogens with one attached hydrogen (secondary N) is 1. The molecule has 0 atom stereocenters. The molecule has 1 aliphatic carbocycles. The molecule has 1 heterocycles. The minimum Gasteiger partial charge on any atom is -0.307 e. The maximum atomic E-state index is 5.70. The largest absolute Gasteiger partial charge is 0.307 e. The predicted molar refractivity (Wildman–Crippen MR) is 84.0 cm³/mol. The minimum atomic E-state index is -0.0522. The summed E-state index contributed by atoms with van der Waals surface area (Å²) in [4.78, 5) is 5.82. The molecule has 2 rings (SSSR count). The van der Waals surface area contributed by atoms with E-state index in [9.17, 15) is 0 Å². The summed E-state index contributed by atoms with van der Waals surface area (Å²) in [6.45, 7) is 6.40. The Kier molecular flexibility index (Phi) is 5.10. The monoisotopic (exact) mass is 295 g/mol. The van der Waals surface area contributed by atoms with Crippen LogP contribution in [0.2, 0.25) is 0 Å². The lowest BCUT2D eigenvalue weighted by Crippen LogP contribution is -2.33. The van der Waals surface area contributed by atoms with E-state index in [4.69, 9.17) is 10.8 Å². The number of hydrogen-bond donors (Lipinski definition) is 2. The first kappa shape index (κ1) is 15.4. The van der Waals surface area contributed by atoms with Gasteiger partial charge in [-0.25, -0.2) is 5.84 Å². The van der Waals surface area contributed by atoms with Crippen molar-refractivity contribution in [2.75, 3.05) is 0 Å². The molecule has 1 aromatic heterocycles. The van der Waals surface area contributed by atoms with Crippen molar-refractivity contribution in [3.63, 3.8) is 0 Å². The summed E-state index contributed by atoms with van der Waals surface area (Å²) in [6, 6.07) is 0.374. The van der Waals surface area contributed by atoms with Gasteiger partial charge in [-0.15, -0.1) is 5.10 Å². The number of hydrogen-bond acceptors (Lipinski definition) is 5. The fraction of sp³-hybridized carbons (Fsp3) is 0.786. The van der Waals surface area contributed by atoms with Crippen molar-refractivity contribution < 1.29 is 0 Å². The van der Waals surface area contributed by atoms with Gasteiger partial charge < -0.3 is 5.43 Å². The van der Waals surface area contributed by atoms with Crippen LogP contribution in [-0.4, -0.2) is 21.5 Å². The molecule has 0 spiro atoms. The van der Waals surface area contributed by atoms with Crippen molar-refractivity contribution in [2.24, 2.45) is 10.8 Å². The number of aromatic nitrogens is 2. The smallest absolute Gasteiger partial charge is 0.156 e. The lowest BCUT2D eigenvalue weighted by molar-refractivity contribution is 0.563. The van der Waals surface area contributed by atoms with Crippen LogP contribution in [0.5, 0.6) is 0 Å². The SMILES string of the molecule is CC(C)(C)c1nnsc1C(=NC1CCCCCC1)NN. The Morgan fingerprint density at radius 1 is 1.25 bits per heavy atom. The first-order chi connectivity index (χ1) is 9.52. The molecule has 6 heteroatoms. The summed E-state index contributed by atoms with van der Waals surface area (Å²) in [7, 11) is 0. The Labute approximate surface area is 125 Å². The van der Waals surface area contributed by atoms with Crippen LogP contribution in [0.15, 0.2) is 4.99 Å². The molecular weight excluding hydrogens is 270 g/mol. The van der Waals surface area contributed by atoms with Gasteiger partial charge in [0, 0.05) is 5.41 Å². The third kappa shape index (κ3) is 3.76. The molecule has 112 valence electrons. The Bertz CT molecular complexity index is 452. The van der Waals surface area contributed by atoms with E-state index in [0.29, 0.717) is 6.04 Å². The fourth-order valence-electron chi connectivity index (χ4n) is 2.57. The van der Waals surface area contributed by atoms with Gasteiger partial charge in [0.25, 0.3) is 0 Å². The predicted octanol–water partition coefficient (Wildman–Crippen LogP) is 2.77. The van der Waals surface area contributed by atoms with E-state index >= 15 is 0 Å². The van der Waals surface area contributed by atoms with Gasteiger partial charge in [0.1, 0.15) is 4.88 Å². The lowest BCUT2D eigenvalue weighted by atomic mass is 9.91. The lowest BCUT2D eigenvalue weighted by Gasteiger charge is -2.18. The Balaban J connectivity index is 2.25. The number of hydrazine groups is 1. The van der Waals surface area contributed by atoms with Crippen LogP contribution in [-0.2, 0) is 5.41 Å². The normalized spacial score (nSPS) is 18.9. The van der Waals surface area contributed by atoms with Gasteiger partial charge in [-0.2, -0.15) is 0 Å². The quantitative estimate of drug-likeness (QED) is 0.289. The molecule has 0 aromatic carbocycles. The van der Waals surface area contributed by atoms with Gasteiger partial charge >= 0.3 is 0 Å². The maximum Gasteiger partial charge on any atom is 0.156 e. The van der Waals surface area contributed by atoms with Crippen molar-refractivity contribution in [3.8, 4) is 0 Å². The zero-order chi connectivity index (χ0) is 14.6. The summed E-state index contributed by atoms with van der Waals surface area (Å²) >= 11 is 1.37.